The molecular weight excluding hydrogens is 136 g/mol. The Morgan fingerprint density at radius 1 is 1.09 bits per heavy atom. The van der Waals surface area contributed by atoms with Gasteiger partial charge < -0.3 is 4.48 Å². The SMILES string of the molecule is CC[N+]12CCCN(CC1)CC2. The largest absolute Gasteiger partial charge is 0.322 e. The van der Waals surface area contributed by atoms with Crippen molar-refractivity contribution in [2.75, 3.05) is 45.8 Å². The van der Waals surface area contributed by atoms with Crippen LogP contribution in [-0.4, -0.2) is 55.2 Å². The first-order valence-electron chi connectivity index (χ1n) is 4.92. The summed E-state index contributed by atoms with van der Waals surface area (Å²) in [5.74, 6) is 0. The Hall–Kier alpha value is -0.0800. The number of quaternary nitrogens is 1. The van der Waals surface area contributed by atoms with Crippen LogP contribution in [0.2, 0.25) is 0 Å². The number of piperazine rings is 1. The topological polar surface area (TPSA) is 3.24 Å². The Labute approximate surface area is 69.4 Å². The van der Waals surface area contributed by atoms with Crippen molar-refractivity contribution < 1.29 is 4.48 Å². The normalized spacial score (nSPS) is 43.9. The third-order valence-corrected chi connectivity index (χ3v) is 3.56. The number of fused-ring (bicyclic) bond motifs is 4. The summed E-state index contributed by atoms with van der Waals surface area (Å²) in [6.45, 7) is 12.0. The van der Waals surface area contributed by atoms with E-state index in [-0.39, 0.29) is 0 Å². The molecule has 3 heterocycles. The van der Waals surface area contributed by atoms with Crippen molar-refractivity contribution in [2.45, 2.75) is 13.3 Å². The second kappa shape index (κ2) is 2.76. The van der Waals surface area contributed by atoms with Crippen LogP contribution in [0.3, 0.4) is 0 Å². The minimum absolute atomic E-state index is 1.36. The molecule has 0 aliphatic carbocycles. The van der Waals surface area contributed by atoms with E-state index in [9.17, 15) is 0 Å². The summed E-state index contributed by atoms with van der Waals surface area (Å²) >= 11 is 0. The molecule has 0 aromatic heterocycles. The van der Waals surface area contributed by atoms with Crippen LogP contribution >= 0.6 is 0 Å². The first-order valence-corrected chi connectivity index (χ1v) is 4.92. The maximum atomic E-state index is 2.62. The van der Waals surface area contributed by atoms with E-state index in [2.05, 4.69) is 11.8 Å². The number of rotatable bonds is 1. The molecule has 3 saturated heterocycles. The molecule has 0 N–H and O–H groups in total. The molecule has 0 radical (unpaired) electrons. The predicted molar refractivity (Wildman–Crippen MR) is 46.5 cm³/mol. The van der Waals surface area contributed by atoms with E-state index in [1.165, 1.54) is 56.7 Å². The van der Waals surface area contributed by atoms with Gasteiger partial charge in [0.05, 0.1) is 26.2 Å². The Morgan fingerprint density at radius 2 is 1.82 bits per heavy atom. The van der Waals surface area contributed by atoms with Crippen molar-refractivity contribution >= 4 is 0 Å². The van der Waals surface area contributed by atoms with Crippen LogP contribution in [0, 0.1) is 0 Å². The van der Waals surface area contributed by atoms with E-state index in [1.54, 1.807) is 0 Å². The van der Waals surface area contributed by atoms with Crippen LogP contribution in [0.5, 0.6) is 0 Å². The van der Waals surface area contributed by atoms with Gasteiger partial charge in [0, 0.05) is 26.1 Å². The van der Waals surface area contributed by atoms with Crippen LogP contribution in [0.15, 0.2) is 0 Å². The molecular formula is C9H19N2+. The van der Waals surface area contributed by atoms with E-state index in [1.807, 2.05) is 0 Å². The quantitative estimate of drug-likeness (QED) is 0.500. The molecule has 0 saturated carbocycles. The molecule has 0 unspecified atom stereocenters. The molecule has 0 atom stereocenters. The molecule has 11 heavy (non-hydrogen) atoms. The maximum Gasteiger partial charge on any atom is 0.0916 e. The van der Waals surface area contributed by atoms with Crippen LogP contribution in [0.4, 0.5) is 0 Å². The van der Waals surface area contributed by atoms with E-state index >= 15 is 0 Å². The minimum Gasteiger partial charge on any atom is -0.322 e. The zero-order valence-electron chi connectivity index (χ0n) is 7.55. The third kappa shape index (κ3) is 1.30. The lowest BCUT2D eigenvalue weighted by Crippen LogP contribution is -2.56. The molecule has 0 aromatic carbocycles. The summed E-state index contributed by atoms with van der Waals surface area (Å²) in [6, 6.07) is 0. The molecule has 2 heteroatoms. The van der Waals surface area contributed by atoms with Crippen molar-refractivity contribution in [3.05, 3.63) is 0 Å². The zero-order valence-corrected chi connectivity index (χ0v) is 7.55. The third-order valence-electron chi connectivity index (χ3n) is 3.56. The average Bonchev–Trinajstić information content (AvgIpc) is 2.37. The summed E-state index contributed by atoms with van der Waals surface area (Å²) in [5.41, 5.74) is 0. The molecule has 3 fully saturated rings. The molecule has 3 rings (SSSR count). The molecule has 3 aliphatic rings. The van der Waals surface area contributed by atoms with Crippen molar-refractivity contribution in [2.24, 2.45) is 0 Å². The molecule has 2 nitrogen and oxygen atoms in total. The summed E-state index contributed by atoms with van der Waals surface area (Å²) in [7, 11) is 0. The van der Waals surface area contributed by atoms with Crippen molar-refractivity contribution in [3.63, 3.8) is 0 Å². The van der Waals surface area contributed by atoms with Gasteiger partial charge in [-0.05, 0) is 6.92 Å². The lowest BCUT2D eigenvalue weighted by molar-refractivity contribution is -0.927. The van der Waals surface area contributed by atoms with Gasteiger partial charge in [-0.1, -0.05) is 0 Å². The Kier molecular flexibility index (Phi) is 1.90. The van der Waals surface area contributed by atoms with Crippen molar-refractivity contribution in [1.29, 1.82) is 0 Å². The number of hydrogen-bond donors (Lipinski definition) is 0. The van der Waals surface area contributed by atoms with Gasteiger partial charge in [0.15, 0.2) is 0 Å². The van der Waals surface area contributed by atoms with E-state index < -0.39 is 0 Å². The molecule has 0 amide bonds. The Balaban J connectivity index is 2.10. The van der Waals surface area contributed by atoms with Gasteiger partial charge in [-0.25, -0.2) is 0 Å². The van der Waals surface area contributed by atoms with Gasteiger partial charge in [-0.2, -0.15) is 0 Å². The summed E-state index contributed by atoms with van der Waals surface area (Å²) in [6.07, 6.45) is 1.42. The van der Waals surface area contributed by atoms with E-state index in [4.69, 9.17) is 0 Å². The average molecular weight is 155 g/mol. The molecule has 64 valence electrons. The van der Waals surface area contributed by atoms with Gasteiger partial charge in [0.1, 0.15) is 0 Å². The van der Waals surface area contributed by atoms with Crippen LogP contribution < -0.4 is 0 Å². The van der Waals surface area contributed by atoms with Gasteiger partial charge in [-0.15, -0.1) is 0 Å². The van der Waals surface area contributed by atoms with Gasteiger partial charge in [0.2, 0.25) is 0 Å². The molecule has 0 spiro atoms. The monoisotopic (exact) mass is 155 g/mol. The number of hydrogen-bond acceptors (Lipinski definition) is 1. The first-order chi connectivity index (χ1) is 5.35. The molecule has 0 aromatic rings. The highest BCUT2D eigenvalue weighted by atomic mass is 15.4. The fraction of sp³-hybridized carbons (Fsp3) is 1.00. The molecule has 2 bridgehead atoms. The van der Waals surface area contributed by atoms with Gasteiger partial charge in [-0.3, -0.25) is 4.90 Å². The fourth-order valence-electron chi connectivity index (χ4n) is 2.48. The Bertz CT molecular complexity index is 131. The second-order valence-corrected chi connectivity index (χ2v) is 4.02. The highest BCUT2D eigenvalue weighted by Crippen LogP contribution is 2.18. The van der Waals surface area contributed by atoms with Gasteiger partial charge in [0.25, 0.3) is 0 Å². The smallest absolute Gasteiger partial charge is 0.0916 e. The van der Waals surface area contributed by atoms with Crippen LogP contribution in [-0.2, 0) is 0 Å². The van der Waals surface area contributed by atoms with Gasteiger partial charge >= 0.3 is 0 Å². The highest BCUT2D eigenvalue weighted by molar-refractivity contribution is 4.68. The number of nitrogens with zero attached hydrogens (tertiary/aromatic N) is 2. The van der Waals surface area contributed by atoms with Crippen LogP contribution in [0.25, 0.3) is 0 Å². The van der Waals surface area contributed by atoms with Crippen molar-refractivity contribution in [1.82, 2.24) is 4.90 Å². The second-order valence-electron chi connectivity index (χ2n) is 4.02. The minimum atomic E-state index is 1.36. The maximum absolute atomic E-state index is 2.62. The van der Waals surface area contributed by atoms with Crippen LogP contribution in [0.1, 0.15) is 13.3 Å². The summed E-state index contributed by atoms with van der Waals surface area (Å²) in [5, 5.41) is 0. The number of likely N-dealkylation sites (N-methyl/N-ethyl adjacent to an activating group) is 1. The van der Waals surface area contributed by atoms with E-state index in [0.717, 1.165) is 0 Å². The lowest BCUT2D eigenvalue weighted by atomic mass is 10.2. The zero-order chi connectivity index (χ0) is 7.73. The fourth-order valence-corrected chi connectivity index (χ4v) is 2.48. The lowest BCUT2D eigenvalue weighted by Gasteiger charge is -2.40. The standard InChI is InChI=1S/C9H19N2/c1-2-11-7-3-4-10(5-8-11)6-9-11/h2-9H2,1H3/q+1. The predicted octanol–water partition coefficient (Wildman–Crippen LogP) is 0.542. The highest BCUT2D eigenvalue weighted by Gasteiger charge is 2.33. The summed E-state index contributed by atoms with van der Waals surface area (Å²) in [4.78, 5) is 2.62. The van der Waals surface area contributed by atoms with Crippen molar-refractivity contribution in [3.8, 4) is 0 Å². The Morgan fingerprint density at radius 3 is 2.45 bits per heavy atom. The summed E-state index contributed by atoms with van der Waals surface area (Å²) < 4.78 is 1.41. The molecule has 3 aliphatic heterocycles. The van der Waals surface area contributed by atoms with E-state index in [0.29, 0.717) is 0 Å². The first kappa shape index (κ1) is 7.56.